The van der Waals surface area contributed by atoms with E-state index in [1.165, 1.54) is 11.8 Å². The van der Waals surface area contributed by atoms with E-state index in [4.69, 9.17) is 4.99 Å². The normalized spacial score (nSPS) is 17.0. The molecular formula is C25H20N2OS. The molecule has 1 saturated heterocycles. The van der Waals surface area contributed by atoms with Gasteiger partial charge in [-0.15, -0.1) is 0 Å². The van der Waals surface area contributed by atoms with Crippen LogP contribution in [0.25, 0.3) is 6.08 Å². The highest BCUT2D eigenvalue weighted by Crippen LogP contribution is 2.34. The Morgan fingerprint density at radius 1 is 0.828 bits per heavy atom. The van der Waals surface area contributed by atoms with Crippen LogP contribution in [0.4, 0.5) is 5.69 Å². The maximum absolute atomic E-state index is 13.1. The summed E-state index contributed by atoms with van der Waals surface area (Å²) < 4.78 is 0. The van der Waals surface area contributed by atoms with Crippen LogP contribution in [0, 0.1) is 0 Å². The molecule has 3 aromatic rings. The Labute approximate surface area is 175 Å². The van der Waals surface area contributed by atoms with Gasteiger partial charge in [0.1, 0.15) is 0 Å². The molecule has 0 atom stereocenters. The second kappa shape index (κ2) is 9.22. The van der Waals surface area contributed by atoms with E-state index in [9.17, 15) is 4.79 Å². The van der Waals surface area contributed by atoms with Crippen molar-refractivity contribution in [1.82, 2.24) is 4.90 Å². The number of allylic oxidation sites excluding steroid dienone is 2. The van der Waals surface area contributed by atoms with Crippen LogP contribution in [-0.4, -0.2) is 16.0 Å². The number of thioether (sulfide) groups is 1. The number of hydrogen-bond donors (Lipinski definition) is 0. The minimum Gasteiger partial charge on any atom is -0.282 e. The van der Waals surface area contributed by atoms with Crippen LogP contribution in [-0.2, 0) is 11.3 Å². The second-order valence-corrected chi connectivity index (χ2v) is 7.52. The maximum Gasteiger partial charge on any atom is 0.267 e. The zero-order valence-corrected chi connectivity index (χ0v) is 16.6. The van der Waals surface area contributed by atoms with Crippen LogP contribution < -0.4 is 0 Å². The second-order valence-electron chi connectivity index (χ2n) is 6.51. The average molecular weight is 397 g/mol. The van der Waals surface area contributed by atoms with Crippen molar-refractivity contribution in [3.63, 3.8) is 0 Å². The molecule has 1 aliphatic heterocycles. The highest BCUT2D eigenvalue weighted by molar-refractivity contribution is 8.18. The van der Waals surface area contributed by atoms with E-state index in [-0.39, 0.29) is 5.91 Å². The van der Waals surface area contributed by atoms with Crippen molar-refractivity contribution in [2.75, 3.05) is 0 Å². The molecule has 0 radical (unpaired) electrons. The predicted molar refractivity (Wildman–Crippen MR) is 122 cm³/mol. The van der Waals surface area contributed by atoms with Crippen molar-refractivity contribution in [1.29, 1.82) is 0 Å². The minimum absolute atomic E-state index is 0.0220. The lowest BCUT2D eigenvalue weighted by Crippen LogP contribution is -2.28. The number of aliphatic imine (C=N–C) groups is 1. The number of nitrogens with zero attached hydrogens (tertiary/aromatic N) is 2. The molecule has 4 rings (SSSR count). The van der Waals surface area contributed by atoms with Crippen LogP contribution in [0.5, 0.6) is 0 Å². The zero-order chi connectivity index (χ0) is 19.9. The van der Waals surface area contributed by atoms with Crippen LogP contribution >= 0.6 is 11.8 Å². The monoisotopic (exact) mass is 396 g/mol. The van der Waals surface area contributed by atoms with Crippen LogP contribution in [0.15, 0.2) is 113 Å². The topological polar surface area (TPSA) is 32.7 Å². The molecule has 29 heavy (non-hydrogen) atoms. The van der Waals surface area contributed by atoms with Gasteiger partial charge < -0.3 is 0 Å². The zero-order valence-electron chi connectivity index (χ0n) is 15.8. The fourth-order valence-electron chi connectivity index (χ4n) is 2.93. The average Bonchev–Trinajstić information content (AvgIpc) is 3.05. The largest absolute Gasteiger partial charge is 0.282 e. The first-order chi connectivity index (χ1) is 14.3. The Balaban J connectivity index is 1.61. The van der Waals surface area contributed by atoms with E-state index in [0.717, 1.165) is 16.8 Å². The van der Waals surface area contributed by atoms with Crippen LogP contribution in [0.2, 0.25) is 0 Å². The van der Waals surface area contributed by atoms with Crippen molar-refractivity contribution in [2.24, 2.45) is 4.99 Å². The van der Waals surface area contributed by atoms with E-state index in [2.05, 4.69) is 0 Å². The lowest BCUT2D eigenvalue weighted by Gasteiger charge is -2.15. The smallest absolute Gasteiger partial charge is 0.267 e. The van der Waals surface area contributed by atoms with Crippen molar-refractivity contribution >= 4 is 34.6 Å². The molecule has 3 aromatic carbocycles. The first-order valence-electron chi connectivity index (χ1n) is 9.40. The standard InChI is InChI=1S/C25H20N2OS/c28-24-23(18-10-15-20-11-4-1-5-12-20)29-25(26-22-16-8-3-9-17-22)27(24)19-21-13-6-2-7-14-21/h1-18H,19H2/b15-10+,23-18+,26-25?. The number of amidine groups is 1. The first kappa shape index (κ1) is 19.0. The number of carbonyl (C=O) groups excluding carboxylic acids is 1. The Morgan fingerprint density at radius 3 is 2.14 bits per heavy atom. The molecular weight excluding hydrogens is 376 g/mol. The molecule has 1 fully saturated rings. The Hall–Kier alpha value is -3.37. The SMILES string of the molecule is O=C1/C(=C\C=C\c2ccccc2)SC(=Nc2ccccc2)N1Cc1ccccc1. The number of para-hydroxylation sites is 1. The number of rotatable bonds is 5. The van der Waals surface area contributed by atoms with Gasteiger partial charge in [0, 0.05) is 0 Å². The van der Waals surface area contributed by atoms with Crippen molar-refractivity contribution in [2.45, 2.75) is 6.54 Å². The predicted octanol–water partition coefficient (Wildman–Crippen LogP) is 6.05. The first-order valence-corrected chi connectivity index (χ1v) is 10.2. The summed E-state index contributed by atoms with van der Waals surface area (Å²) in [5, 5.41) is 0.699. The number of amides is 1. The highest BCUT2D eigenvalue weighted by atomic mass is 32.2. The minimum atomic E-state index is -0.0220. The molecule has 0 unspecified atom stereocenters. The fourth-order valence-corrected chi connectivity index (χ4v) is 3.88. The molecule has 1 aliphatic rings. The Morgan fingerprint density at radius 2 is 1.45 bits per heavy atom. The molecule has 0 aliphatic carbocycles. The molecule has 0 bridgehead atoms. The van der Waals surface area contributed by atoms with E-state index in [1.807, 2.05) is 109 Å². The lowest BCUT2D eigenvalue weighted by atomic mass is 10.2. The maximum atomic E-state index is 13.1. The summed E-state index contributed by atoms with van der Waals surface area (Å²) in [6.45, 7) is 0.498. The van der Waals surface area contributed by atoms with Gasteiger partial charge in [0.25, 0.3) is 5.91 Å². The van der Waals surface area contributed by atoms with Crippen molar-refractivity contribution < 1.29 is 4.79 Å². The Bertz CT molecular complexity index is 1060. The molecule has 0 aromatic heterocycles. The lowest BCUT2D eigenvalue weighted by molar-refractivity contribution is -0.122. The van der Waals surface area contributed by atoms with E-state index >= 15 is 0 Å². The van der Waals surface area contributed by atoms with Gasteiger partial charge in [-0.05, 0) is 41.1 Å². The molecule has 142 valence electrons. The van der Waals surface area contributed by atoms with Gasteiger partial charge in [-0.25, -0.2) is 4.99 Å². The summed E-state index contributed by atoms with van der Waals surface area (Å²) in [5.41, 5.74) is 3.00. The van der Waals surface area contributed by atoms with Gasteiger partial charge in [0.2, 0.25) is 0 Å². The molecule has 0 N–H and O–H groups in total. The van der Waals surface area contributed by atoms with Gasteiger partial charge in [-0.3, -0.25) is 9.69 Å². The summed E-state index contributed by atoms with van der Waals surface area (Å²) in [7, 11) is 0. The molecule has 4 heteroatoms. The quantitative estimate of drug-likeness (QED) is 0.492. The van der Waals surface area contributed by atoms with Crippen molar-refractivity contribution in [3.8, 4) is 0 Å². The number of benzene rings is 3. The summed E-state index contributed by atoms with van der Waals surface area (Å²) in [5.74, 6) is -0.0220. The number of carbonyl (C=O) groups is 1. The molecule has 0 spiro atoms. The third-order valence-electron chi connectivity index (χ3n) is 4.39. The number of hydrogen-bond acceptors (Lipinski definition) is 3. The van der Waals surface area contributed by atoms with Crippen LogP contribution in [0.3, 0.4) is 0 Å². The fraction of sp³-hybridized carbons (Fsp3) is 0.0400. The van der Waals surface area contributed by atoms with Gasteiger partial charge in [-0.2, -0.15) is 0 Å². The van der Waals surface area contributed by atoms with E-state index in [0.29, 0.717) is 16.6 Å². The molecule has 1 amide bonds. The summed E-state index contributed by atoms with van der Waals surface area (Å²) in [6, 6.07) is 29.8. The Kier molecular flexibility index (Phi) is 6.03. The van der Waals surface area contributed by atoms with E-state index < -0.39 is 0 Å². The summed E-state index contributed by atoms with van der Waals surface area (Å²) in [4.78, 5) is 20.2. The molecule has 3 nitrogen and oxygen atoms in total. The highest BCUT2D eigenvalue weighted by Gasteiger charge is 2.33. The molecule has 0 saturated carbocycles. The van der Waals surface area contributed by atoms with Gasteiger partial charge in [-0.1, -0.05) is 91.0 Å². The third-order valence-corrected chi connectivity index (χ3v) is 5.41. The van der Waals surface area contributed by atoms with Crippen molar-refractivity contribution in [3.05, 3.63) is 119 Å². The van der Waals surface area contributed by atoms with Gasteiger partial charge in [0.15, 0.2) is 5.17 Å². The van der Waals surface area contributed by atoms with E-state index in [1.54, 1.807) is 4.90 Å². The third kappa shape index (κ3) is 4.92. The van der Waals surface area contributed by atoms with Crippen LogP contribution in [0.1, 0.15) is 11.1 Å². The summed E-state index contributed by atoms with van der Waals surface area (Å²) in [6.07, 6.45) is 5.78. The molecule has 1 heterocycles. The van der Waals surface area contributed by atoms with Gasteiger partial charge in [0.05, 0.1) is 17.1 Å². The summed E-state index contributed by atoms with van der Waals surface area (Å²) >= 11 is 1.41. The van der Waals surface area contributed by atoms with Gasteiger partial charge >= 0.3 is 0 Å².